The number of alkyl halides is 2. The average molecular weight is 333 g/mol. The number of hydrogen-bond acceptors (Lipinski definition) is 6. The van der Waals surface area contributed by atoms with Gasteiger partial charge in [-0.1, -0.05) is 12.1 Å². The second-order valence-corrected chi connectivity index (χ2v) is 5.55. The number of hydrogen-bond donors (Lipinski definition) is 0. The largest absolute Gasteiger partial charge is 0.586 e. The Bertz CT molecular complexity index is 925. The molecule has 3 heterocycles. The van der Waals surface area contributed by atoms with E-state index in [1.807, 2.05) is 19.0 Å². The van der Waals surface area contributed by atoms with E-state index in [1.54, 1.807) is 23.0 Å². The van der Waals surface area contributed by atoms with Crippen molar-refractivity contribution in [3.63, 3.8) is 0 Å². The SMILES string of the molecule is CN(C)c1ncnc2ncn(Cc3cccc4c3OC(F)(F)O4)c12. The standard InChI is InChI=1S/C15H13F2N5O2/c1-21(2)14-11-13(18-7-19-14)20-8-22(11)6-9-4-3-5-10-12(9)24-15(16,17)23-10/h3-5,7-8H,6H2,1-2H3. The third-order valence-electron chi connectivity index (χ3n) is 3.66. The quantitative estimate of drug-likeness (QED) is 0.732. The number of halogens is 2. The molecule has 0 unspecified atom stereocenters. The van der Waals surface area contributed by atoms with Crippen LogP contribution in [-0.2, 0) is 6.54 Å². The summed E-state index contributed by atoms with van der Waals surface area (Å²) in [6.45, 7) is 0.271. The molecule has 0 amide bonds. The fourth-order valence-corrected chi connectivity index (χ4v) is 2.67. The lowest BCUT2D eigenvalue weighted by atomic mass is 10.2. The van der Waals surface area contributed by atoms with Gasteiger partial charge in [-0.3, -0.25) is 0 Å². The molecule has 3 aromatic rings. The Morgan fingerprint density at radius 3 is 2.79 bits per heavy atom. The number of nitrogens with zero attached hydrogens (tertiary/aromatic N) is 5. The van der Waals surface area contributed by atoms with Gasteiger partial charge in [-0.15, -0.1) is 8.78 Å². The highest BCUT2D eigenvalue weighted by molar-refractivity contribution is 5.83. The Balaban J connectivity index is 1.79. The zero-order valence-corrected chi connectivity index (χ0v) is 12.9. The van der Waals surface area contributed by atoms with Crippen molar-refractivity contribution in [1.29, 1.82) is 0 Å². The number of ether oxygens (including phenoxy) is 2. The lowest BCUT2D eigenvalue weighted by Gasteiger charge is -2.14. The molecule has 1 aromatic carbocycles. The highest BCUT2D eigenvalue weighted by Gasteiger charge is 2.44. The molecule has 0 saturated carbocycles. The van der Waals surface area contributed by atoms with Gasteiger partial charge in [-0.25, -0.2) is 15.0 Å². The molecular weight excluding hydrogens is 320 g/mol. The first-order valence-electron chi connectivity index (χ1n) is 7.15. The molecule has 0 aliphatic carbocycles. The molecule has 0 saturated heterocycles. The van der Waals surface area contributed by atoms with E-state index in [0.717, 1.165) is 0 Å². The van der Waals surface area contributed by atoms with Crippen molar-refractivity contribution < 1.29 is 18.3 Å². The van der Waals surface area contributed by atoms with E-state index in [9.17, 15) is 8.78 Å². The molecule has 0 fully saturated rings. The van der Waals surface area contributed by atoms with Crippen molar-refractivity contribution in [2.24, 2.45) is 0 Å². The second-order valence-electron chi connectivity index (χ2n) is 5.55. The van der Waals surface area contributed by atoms with Crippen LogP contribution in [0.3, 0.4) is 0 Å². The number of fused-ring (bicyclic) bond motifs is 2. The molecule has 0 N–H and O–H groups in total. The van der Waals surface area contributed by atoms with E-state index >= 15 is 0 Å². The lowest BCUT2D eigenvalue weighted by Crippen LogP contribution is -2.26. The van der Waals surface area contributed by atoms with Gasteiger partial charge >= 0.3 is 6.29 Å². The molecule has 124 valence electrons. The van der Waals surface area contributed by atoms with Crippen molar-refractivity contribution in [3.05, 3.63) is 36.4 Å². The third-order valence-corrected chi connectivity index (χ3v) is 3.66. The number of benzene rings is 1. The molecule has 0 radical (unpaired) electrons. The molecule has 1 aliphatic rings. The minimum Gasteiger partial charge on any atom is -0.395 e. The average Bonchev–Trinajstić information content (AvgIpc) is 3.07. The molecule has 0 atom stereocenters. The van der Waals surface area contributed by atoms with Crippen LogP contribution in [0.25, 0.3) is 11.2 Å². The summed E-state index contributed by atoms with van der Waals surface area (Å²) in [4.78, 5) is 14.5. The van der Waals surface area contributed by atoms with Crippen molar-refractivity contribution in [2.75, 3.05) is 19.0 Å². The van der Waals surface area contributed by atoms with Crippen molar-refractivity contribution in [2.45, 2.75) is 12.8 Å². The Kier molecular flexibility index (Phi) is 3.05. The fraction of sp³-hybridized carbons (Fsp3) is 0.267. The van der Waals surface area contributed by atoms with E-state index in [-0.39, 0.29) is 18.0 Å². The maximum atomic E-state index is 13.3. The van der Waals surface area contributed by atoms with Crippen LogP contribution in [-0.4, -0.2) is 39.9 Å². The Morgan fingerprint density at radius 2 is 2.00 bits per heavy atom. The number of imidazole rings is 1. The highest BCUT2D eigenvalue weighted by Crippen LogP contribution is 2.43. The number of rotatable bonds is 3. The van der Waals surface area contributed by atoms with Crippen LogP contribution in [0.15, 0.2) is 30.9 Å². The van der Waals surface area contributed by atoms with Crippen LogP contribution in [0.2, 0.25) is 0 Å². The van der Waals surface area contributed by atoms with Gasteiger partial charge in [0.15, 0.2) is 23.0 Å². The van der Waals surface area contributed by atoms with Crippen molar-refractivity contribution in [3.8, 4) is 11.5 Å². The van der Waals surface area contributed by atoms with E-state index in [2.05, 4.69) is 24.4 Å². The maximum Gasteiger partial charge on any atom is 0.586 e. The van der Waals surface area contributed by atoms with Crippen LogP contribution in [0.1, 0.15) is 5.56 Å². The minimum absolute atomic E-state index is 0.0194. The van der Waals surface area contributed by atoms with Crippen LogP contribution in [0.4, 0.5) is 14.6 Å². The van der Waals surface area contributed by atoms with Crippen LogP contribution < -0.4 is 14.4 Å². The first-order valence-corrected chi connectivity index (χ1v) is 7.15. The summed E-state index contributed by atoms with van der Waals surface area (Å²) in [5.41, 5.74) is 1.80. The highest BCUT2D eigenvalue weighted by atomic mass is 19.3. The summed E-state index contributed by atoms with van der Waals surface area (Å²) < 4.78 is 37.6. The molecular formula is C15H13F2N5O2. The van der Waals surface area contributed by atoms with E-state index < -0.39 is 6.29 Å². The number of para-hydroxylation sites is 1. The first-order chi connectivity index (χ1) is 11.4. The van der Waals surface area contributed by atoms with Gasteiger partial charge in [0.25, 0.3) is 0 Å². The summed E-state index contributed by atoms with van der Waals surface area (Å²) in [6.07, 6.45) is -0.611. The van der Waals surface area contributed by atoms with Gasteiger partial charge in [0.2, 0.25) is 0 Å². The summed E-state index contributed by atoms with van der Waals surface area (Å²) in [5.74, 6) is 0.742. The third kappa shape index (κ3) is 2.29. The summed E-state index contributed by atoms with van der Waals surface area (Å²) in [6, 6.07) is 4.79. The molecule has 0 bridgehead atoms. The predicted molar refractivity (Wildman–Crippen MR) is 81.4 cm³/mol. The topological polar surface area (TPSA) is 65.3 Å². The maximum absolute atomic E-state index is 13.3. The van der Waals surface area contributed by atoms with E-state index in [4.69, 9.17) is 0 Å². The molecule has 0 spiro atoms. The van der Waals surface area contributed by atoms with Gasteiger partial charge in [-0.2, -0.15) is 0 Å². The molecule has 9 heteroatoms. The molecule has 4 rings (SSSR count). The normalized spacial score (nSPS) is 15.0. The zero-order valence-electron chi connectivity index (χ0n) is 12.9. The molecule has 7 nitrogen and oxygen atoms in total. The Morgan fingerprint density at radius 1 is 1.17 bits per heavy atom. The summed E-state index contributed by atoms with van der Waals surface area (Å²) in [7, 11) is 3.72. The first kappa shape index (κ1) is 14.6. The zero-order chi connectivity index (χ0) is 16.9. The van der Waals surface area contributed by atoms with E-state index in [0.29, 0.717) is 22.5 Å². The van der Waals surface area contributed by atoms with E-state index in [1.165, 1.54) is 12.4 Å². The number of anilines is 1. The van der Waals surface area contributed by atoms with Crippen LogP contribution in [0.5, 0.6) is 11.5 Å². The smallest absolute Gasteiger partial charge is 0.395 e. The Hall–Kier alpha value is -2.97. The van der Waals surface area contributed by atoms with Gasteiger partial charge in [-0.05, 0) is 6.07 Å². The van der Waals surface area contributed by atoms with Crippen LogP contribution in [0, 0.1) is 0 Å². The fourth-order valence-electron chi connectivity index (χ4n) is 2.67. The molecule has 2 aromatic heterocycles. The minimum atomic E-state index is -3.65. The Labute approximate surface area is 135 Å². The van der Waals surface area contributed by atoms with Gasteiger partial charge < -0.3 is 18.9 Å². The lowest BCUT2D eigenvalue weighted by molar-refractivity contribution is -0.286. The van der Waals surface area contributed by atoms with Crippen molar-refractivity contribution in [1.82, 2.24) is 19.5 Å². The second kappa shape index (κ2) is 5.02. The molecule has 1 aliphatic heterocycles. The molecule has 24 heavy (non-hydrogen) atoms. The van der Waals surface area contributed by atoms with Crippen LogP contribution >= 0.6 is 0 Å². The van der Waals surface area contributed by atoms with Crippen molar-refractivity contribution >= 4 is 17.0 Å². The predicted octanol–water partition coefficient (Wildman–Crippen LogP) is 2.26. The van der Waals surface area contributed by atoms with Gasteiger partial charge in [0.1, 0.15) is 11.8 Å². The summed E-state index contributed by atoms with van der Waals surface area (Å²) >= 11 is 0. The number of aromatic nitrogens is 4. The monoisotopic (exact) mass is 333 g/mol. The van der Waals surface area contributed by atoms with Gasteiger partial charge in [0, 0.05) is 19.7 Å². The van der Waals surface area contributed by atoms with Gasteiger partial charge in [0.05, 0.1) is 12.9 Å². The summed E-state index contributed by atoms with van der Waals surface area (Å²) in [5, 5.41) is 0.